The summed E-state index contributed by atoms with van der Waals surface area (Å²) in [5, 5.41) is 9.22. The van der Waals surface area contributed by atoms with Crippen molar-refractivity contribution in [3.8, 4) is 0 Å². The molecule has 0 saturated heterocycles. The van der Waals surface area contributed by atoms with Gasteiger partial charge in [0.15, 0.2) is 6.10 Å². The van der Waals surface area contributed by atoms with Crippen LogP contribution in [0.25, 0.3) is 0 Å². The molecule has 1 aromatic carbocycles. The van der Waals surface area contributed by atoms with Crippen molar-refractivity contribution in [1.29, 1.82) is 0 Å². The minimum absolute atomic E-state index is 0.201. The first-order chi connectivity index (χ1) is 6.63. The zero-order chi connectivity index (χ0) is 10.6. The van der Waals surface area contributed by atoms with E-state index < -0.39 is 12.1 Å². The Morgan fingerprint density at radius 2 is 2.36 bits per heavy atom. The standard InChI is InChI=1S/C9H10ClNO3/c10-7-3-1-2-6(4-7)5-8(14-11)9(12)13/h1-4,8H,5,11H2,(H,12,13). The van der Waals surface area contributed by atoms with E-state index in [2.05, 4.69) is 4.84 Å². The van der Waals surface area contributed by atoms with E-state index in [1.807, 2.05) is 0 Å². The van der Waals surface area contributed by atoms with E-state index in [4.69, 9.17) is 22.6 Å². The summed E-state index contributed by atoms with van der Waals surface area (Å²) < 4.78 is 0. The number of rotatable bonds is 4. The molecule has 0 aliphatic rings. The number of nitrogens with two attached hydrogens (primary N) is 1. The fourth-order valence-electron chi connectivity index (χ4n) is 1.07. The maximum Gasteiger partial charge on any atom is 0.335 e. The molecule has 0 aliphatic carbocycles. The predicted molar refractivity (Wildman–Crippen MR) is 51.9 cm³/mol. The molecule has 5 heteroatoms. The lowest BCUT2D eigenvalue weighted by Gasteiger charge is -2.09. The summed E-state index contributed by atoms with van der Waals surface area (Å²) in [5.41, 5.74) is 0.773. The van der Waals surface area contributed by atoms with Gasteiger partial charge in [-0.05, 0) is 17.7 Å². The number of aliphatic carboxylic acids is 1. The molecule has 1 rings (SSSR count). The van der Waals surface area contributed by atoms with Crippen LogP contribution in [-0.2, 0) is 16.1 Å². The average molecular weight is 216 g/mol. The molecule has 1 atom stereocenters. The molecule has 0 fully saturated rings. The molecule has 0 aliphatic heterocycles. The van der Waals surface area contributed by atoms with Gasteiger partial charge < -0.3 is 5.11 Å². The van der Waals surface area contributed by atoms with E-state index >= 15 is 0 Å². The van der Waals surface area contributed by atoms with E-state index in [9.17, 15) is 4.79 Å². The Morgan fingerprint density at radius 1 is 1.64 bits per heavy atom. The average Bonchev–Trinajstić information content (AvgIpc) is 2.14. The third-order valence-corrected chi connectivity index (χ3v) is 1.98. The Hall–Kier alpha value is -1.10. The van der Waals surface area contributed by atoms with Crippen LogP contribution in [0.4, 0.5) is 0 Å². The van der Waals surface area contributed by atoms with Gasteiger partial charge >= 0.3 is 5.97 Å². The van der Waals surface area contributed by atoms with Crippen LogP contribution in [0, 0.1) is 0 Å². The van der Waals surface area contributed by atoms with Gasteiger partial charge in [0.1, 0.15) is 0 Å². The van der Waals surface area contributed by atoms with Gasteiger partial charge in [-0.25, -0.2) is 10.7 Å². The van der Waals surface area contributed by atoms with Gasteiger partial charge in [0, 0.05) is 11.4 Å². The van der Waals surface area contributed by atoms with Gasteiger partial charge in [-0.1, -0.05) is 23.7 Å². The lowest BCUT2D eigenvalue weighted by Crippen LogP contribution is -2.29. The first-order valence-electron chi connectivity index (χ1n) is 3.96. The number of carbonyl (C=O) groups is 1. The number of carboxylic acid groups (broad SMARTS) is 1. The van der Waals surface area contributed by atoms with E-state index in [0.29, 0.717) is 5.02 Å². The molecule has 0 heterocycles. The first-order valence-corrected chi connectivity index (χ1v) is 4.34. The minimum Gasteiger partial charge on any atom is -0.479 e. The van der Waals surface area contributed by atoms with E-state index in [0.717, 1.165) is 5.56 Å². The molecular weight excluding hydrogens is 206 g/mol. The van der Waals surface area contributed by atoms with Crippen molar-refractivity contribution in [3.05, 3.63) is 34.9 Å². The minimum atomic E-state index is -1.09. The highest BCUT2D eigenvalue weighted by atomic mass is 35.5. The van der Waals surface area contributed by atoms with Gasteiger partial charge in [-0.15, -0.1) is 0 Å². The van der Waals surface area contributed by atoms with Crippen LogP contribution in [0.5, 0.6) is 0 Å². The van der Waals surface area contributed by atoms with E-state index in [1.54, 1.807) is 24.3 Å². The summed E-state index contributed by atoms with van der Waals surface area (Å²) in [6.07, 6.45) is -0.833. The molecule has 3 N–H and O–H groups in total. The van der Waals surface area contributed by atoms with Gasteiger partial charge in [-0.2, -0.15) is 0 Å². The second-order valence-electron chi connectivity index (χ2n) is 2.80. The molecule has 0 aromatic heterocycles. The molecule has 0 saturated carbocycles. The Labute approximate surface area is 86.2 Å². The summed E-state index contributed by atoms with van der Waals surface area (Å²) in [6, 6.07) is 6.90. The Kier molecular flexibility index (Phi) is 3.88. The van der Waals surface area contributed by atoms with Crippen molar-refractivity contribution < 1.29 is 14.7 Å². The molecule has 0 spiro atoms. The Bertz CT molecular complexity index is 330. The molecule has 0 radical (unpaired) electrons. The zero-order valence-electron chi connectivity index (χ0n) is 7.31. The molecule has 14 heavy (non-hydrogen) atoms. The van der Waals surface area contributed by atoms with E-state index in [1.165, 1.54) is 0 Å². The molecular formula is C9H10ClNO3. The summed E-state index contributed by atoms with van der Waals surface area (Å²) >= 11 is 5.73. The number of halogens is 1. The van der Waals surface area contributed by atoms with Gasteiger partial charge in [-0.3, -0.25) is 4.84 Å². The van der Waals surface area contributed by atoms with Crippen molar-refractivity contribution in [3.63, 3.8) is 0 Å². The smallest absolute Gasteiger partial charge is 0.335 e. The van der Waals surface area contributed by atoms with Crippen LogP contribution < -0.4 is 5.90 Å². The van der Waals surface area contributed by atoms with Crippen LogP contribution in [-0.4, -0.2) is 17.2 Å². The van der Waals surface area contributed by atoms with Crippen molar-refractivity contribution in [2.45, 2.75) is 12.5 Å². The topological polar surface area (TPSA) is 72.5 Å². The monoisotopic (exact) mass is 215 g/mol. The molecule has 0 bridgehead atoms. The van der Waals surface area contributed by atoms with Crippen LogP contribution in [0.1, 0.15) is 5.56 Å². The number of hydrogen-bond donors (Lipinski definition) is 2. The maximum absolute atomic E-state index is 10.6. The van der Waals surface area contributed by atoms with Gasteiger partial charge in [0.25, 0.3) is 0 Å². The van der Waals surface area contributed by atoms with Crippen LogP contribution in [0.3, 0.4) is 0 Å². The van der Waals surface area contributed by atoms with Gasteiger partial charge in [0.05, 0.1) is 0 Å². The van der Waals surface area contributed by atoms with Crippen LogP contribution in [0.15, 0.2) is 24.3 Å². The third-order valence-electron chi connectivity index (χ3n) is 1.75. The van der Waals surface area contributed by atoms with Crippen molar-refractivity contribution in [2.75, 3.05) is 0 Å². The molecule has 4 nitrogen and oxygen atoms in total. The van der Waals surface area contributed by atoms with Crippen molar-refractivity contribution >= 4 is 17.6 Å². The Balaban J connectivity index is 2.72. The summed E-state index contributed by atoms with van der Waals surface area (Å²) in [5.74, 6) is 3.76. The lowest BCUT2D eigenvalue weighted by atomic mass is 10.1. The quantitative estimate of drug-likeness (QED) is 0.741. The lowest BCUT2D eigenvalue weighted by molar-refractivity contribution is -0.150. The van der Waals surface area contributed by atoms with Crippen LogP contribution in [0.2, 0.25) is 5.02 Å². The maximum atomic E-state index is 10.6. The largest absolute Gasteiger partial charge is 0.479 e. The molecule has 76 valence electrons. The number of carboxylic acids is 1. The summed E-state index contributed by atoms with van der Waals surface area (Å²) in [7, 11) is 0. The van der Waals surface area contributed by atoms with Crippen molar-refractivity contribution in [1.82, 2.24) is 0 Å². The van der Waals surface area contributed by atoms with Crippen molar-refractivity contribution in [2.24, 2.45) is 5.90 Å². The first kappa shape index (κ1) is 11.0. The molecule has 1 aromatic rings. The van der Waals surface area contributed by atoms with Gasteiger partial charge in [0.2, 0.25) is 0 Å². The second-order valence-corrected chi connectivity index (χ2v) is 3.23. The highest BCUT2D eigenvalue weighted by Gasteiger charge is 2.17. The highest BCUT2D eigenvalue weighted by molar-refractivity contribution is 6.30. The zero-order valence-corrected chi connectivity index (χ0v) is 8.07. The summed E-state index contributed by atoms with van der Waals surface area (Å²) in [4.78, 5) is 14.9. The fraction of sp³-hybridized carbons (Fsp3) is 0.222. The predicted octanol–water partition coefficient (Wildman–Crippen LogP) is 1.23. The fourth-order valence-corrected chi connectivity index (χ4v) is 1.28. The highest BCUT2D eigenvalue weighted by Crippen LogP contribution is 2.12. The third kappa shape index (κ3) is 2.99. The summed E-state index contributed by atoms with van der Waals surface area (Å²) in [6.45, 7) is 0. The normalized spacial score (nSPS) is 12.4. The Morgan fingerprint density at radius 3 is 2.86 bits per heavy atom. The number of hydrogen-bond acceptors (Lipinski definition) is 3. The van der Waals surface area contributed by atoms with Crippen LogP contribution >= 0.6 is 11.6 Å². The molecule has 0 amide bonds. The molecule has 1 unspecified atom stereocenters. The SMILES string of the molecule is NOC(Cc1cccc(Cl)c1)C(=O)O. The van der Waals surface area contributed by atoms with E-state index in [-0.39, 0.29) is 6.42 Å². The second kappa shape index (κ2) is 4.95. The number of benzene rings is 1.